The summed E-state index contributed by atoms with van der Waals surface area (Å²) in [5.74, 6) is 0.537. The van der Waals surface area contributed by atoms with Gasteiger partial charge in [0.05, 0.1) is 39.6 Å². The van der Waals surface area contributed by atoms with Crippen LogP contribution in [0.5, 0.6) is 23.0 Å². The Labute approximate surface area is 314 Å². The molecule has 0 saturated carbocycles. The summed E-state index contributed by atoms with van der Waals surface area (Å²) in [4.78, 5) is 56.8. The zero-order valence-electron chi connectivity index (χ0n) is 30.8. The van der Waals surface area contributed by atoms with Gasteiger partial charge in [-0.05, 0) is 85.3 Å². The number of benzene rings is 4. The van der Waals surface area contributed by atoms with Crippen LogP contribution in [0.3, 0.4) is 0 Å². The average molecular weight is 733 g/mol. The highest BCUT2D eigenvalue weighted by Crippen LogP contribution is 2.35. The highest BCUT2D eigenvalue weighted by Gasteiger charge is 2.37. The lowest BCUT2D eigenvalue weighted by atomic mass is 10.1. The Hall–Kier alpha value is -6.30. The molecule has 2 heterocycles. The number of nitrogens with zero attached hydrogens (tertiary/aromatic N) is 2. The molecule has 6 rings (SSSR count). The van der Waals surface area contributed by atoms with E-state index in [0.717, 1.165) is 11.1 Å². The van der Waals surface area contributed by atoms with E-state index >= 15 is 0 Å². The van der Waals surface area contributed by atoms with Crippen molar-refractivity contribution in [2.45, 2.75) is 37.8 Å². The standard InChI is InChI=1S/C42H44N4O8/c1-51-35-13-5-9-31(37(35)53-3)41(49)45-25-7-11-33(45)39(47)43-29-21-17-27(18-22-29)15-16-28-19-23-30(24-20-28)44-40(48)34-12-8-26-46(34)42(50)32-10-6-14-36(52-2)38(32)54-4/h5-6,9-10,13-24,33-34H,7-8,11-12,25-26H2,1-4H3,(H,43,47)(H,44,48)/b16-15+/t33-,34?/m0/s1. The van der Waals surface area contributed by atoms with Gasteiger partial charge in [-0.15, -0.1) is 0 Å². The number of likely N-dealkylation sites (tertiary alicyclic amines) is 2. The number of methoxy groups -OCH3 is 4. The minimum Gasteiger partial charge on any atom is -0.493 e. The maximum Gasteiger partial charge on any atom is 0.258 e. The first-order valence-electron chi connectivity index (χ1n) is 17.8. The van der Waals surface area contributed by atoms with E-state index in [4.69, 9.17) is 18.9 Å². The SMILES string of the molecule is COc1cccc(C(=O)N2CCCC2C(=O)Nc2ccc(/C=C/c3ccc(NC(=O)[C@@H]4CCCN4C(=O)c4cccc(OC)c4OC)cc3)cc2)c1OC. The molecule has 4 amide bonds. The van der Waals surface area contributed by atoms with E-state index in [1.807, 2.05) is 60.7 Å². The Morgan fingerprint density at radius 3 is 1.30 bits per heavy atom. The fourth-order valence-electron chi connectivity index (χ4n) is 6.98. The molecular weight excluding hydrogens is 688 g/mol. The lowest BCUT2D eigenvalue weighted by Crippen LogP contribution is -2.43. The number of anilines is 2. The second-order valence-electron chi connectivity index (χ2n) is 13.0. The topological polar surface area (TPSA) is 136 Å². The highest BCUT2D eigenvalue weighted by atomic mass is 16.5. The van der Waals surface area contributed by atoms with Gasteiger partial charge in [0.2, 0.25) is 11.8 Å². The Balaban J connectivity index is 1.03. The van der Waals surface area contributed by atoms with Crippen molar-refractivity contribution in [1.82, 2.24) is 9.80 Å². The van der Waals surface area contributed by atoms with Crippen molar-refractivity contribution in [3.63, 3.8) is 0 Å². The number of hydrogen-bond donors (Lipinski definition) is 2. The third-order valence-electron chi connectivity index (χ3n) is 9.72. The van der Waals surface area contributed by atoms with Gasteiger partial charge in [-0.2, -0.15) is 0 Å². The molecule has 54 heavy (non-hydrogen) atoms. The fourth-order valence-corrected chi connectivity index (χ4v) is 6.98. The molecule has 0 spiro atoms. The highest BCUT2D eigenvalue weighted by molar-refractivity contribution is 6.04. The van der Waals surface area contributed by atoms with Crippen LogP contribution in [0.4, 0.5) is 11.4 Å². The Morgan fingerprint density at radius 2 is 0.944 bits per heavy atom. The van der Waals surface area contributed by atoms with Crippen LogP contribution in [0.25, 0.3) is 12.2 Å². The molecule has 12 heteroatoms. The molecule has 4 aromatic rings. The van der Waals surface area contributed by atoms with Crippen molar-refractivity contribution in [1.29, 1.82) is 0 Å². The van der Waals surface area contributed by atoms with Crippen LogP contribution in [0.1, 0.15) is 57.5 Å². The predicted octanol–water partition coefficient (Wildman–Crippen LogP) is 6.38. The molecule has 2 saturated heterocycles. The van der Waals surface area contributed by atoms with Gasteiger partial charge in [-0.25, -0.2) is 0 Å². The molecule has 1 unspecified atom stereocenters. The van der Waals surface area contributed by atoms with Crippen LogP contribution in [-0.4, -0.2) is 87.0 Å². The summed E-state index contributed by atoms with van der Waals surface area (Å²) in [6.45, 7) is 0.936. The Kier molecular flexibility index (Phi) is 11.8. The Morgan fingerprint density at radius 1 is 0.556 bits per heavy atom. The monoisotopic (exact) mass is 732 g/mol. The molecule has 0 radical (unpaired) electrons. The summed E-state index contributed by atoms with van der Waals surface area (Å²) in [6.07, 6.45) is 6.46. The van der Waals surface area contributed by atoms with Gasteiger partial charge >= 0.3 is 0 Å². The second kappa shape index (κ2) is 17.0. The molecule has 4 aromatic carbocycles. The zero-order valence-corrected chi connectivity index (χ0v) is 30.8. The van der Waals surface area contributed by atoms with Crippen LogP contribution in [0.15, 0.2) is 84.9 Å². The molecule has 2 aliphatic heterocycles. The van der Waals surface area contributed by atoms with Gasteiger partial charge in [0.15, 0.2) is 23.0 Å². The molecule has 2 aliphatic rings. The van der Waals surface area contributed by atoms with E-state index in [1.54, 1.807) is 46.2 Å². The summed E-state index contributed by atoms with van der Waals surface area (Å²) in [5, 5.41) is 5.92. The van der Waals surface area contributed by atoms with E-state index < -0.39 is 12.1 Å². The van der Waals surface area contributed by atoms with E-state index in [0.29, 0.717) is 84.3 Å². The van der Waals surface area contributed by atoms with Gasteiger partial charge in [0.1, 0.15) is 12.1 Å². The lowest BCUT2D eigenvalue weighted by molar-refractivity contribution is -0.120. The van der Waals surface area contributed by atoms with Crippen molar-refractivity contribution in [3.05, 3.63) is 107 Å². The second-order valence-corrected chi connectivity index (χ2v) is 13.0. The Bertz CT molecular complexity index is 1880. The van der Waals surface area contributed by atoms with Gasteiger partial charge in [0.25, 0.3) is 11.8 Å². The number of carbonyl (C=O) groups excluding carboxylic acids is 4. The first-order valence-corrected chi connectivity index (χ1v) is 17.8. The molecule has 12 nitrogen and oxygen atoms in total. The van der Waals surface area contributed by atoms with Crippen molar-refractivity contribution in [3.8, 4) is 23.0 Å². The first kappa shape index (κ1) is 37.5. The van der Waals surface area contributed by atoms with Crippen molar-refractivity contribution in [2.24, 2.45) is 0 Å². The minimum atomic E-state index is -0.608. The summed E-state index contributed by atoms with van der Waals surface area (Å²) in [6, 6.07) is 23.9. The molecule has 2 fully saturated rings. The lowest BCUT2D eigenvalue weighted by Gasteiger charge is -2.25. The van der Waals surface area contributed by atoms with Crippen molar-refractivity contribution < 1.29 is 38.1 Å². The third-order valence-corrected chi connectivity index (χ3v) is 9.72. The quantitative estimate of drug-likeness (QED) is 0.160. The maximum atomic E-state index is 13.5. The zero-order chi connectivity index (χ0) is 38.2. The van der Waals surface area contributed by atoms with Crippen LogP contribution in [0, 0.1) is 0 Å². The van der Waals surface area contributed by atoms with Crippen molar-refractivity contribution >= 4 is 47.2 Å². The molecule has 280 valence electrons. The number of ether oxygens (including phenoxy) is 4. The average Bonchev–Trinajstić information content (AvgIpc) is 3.91. The number of rotatable bonds is 12. The van der Waals surface area contributed by atoms with E-state index in [9.17, 15) is 19.2 Å². The minimum absolute atomic E-state index is 0.248. The normalized spacial score (nSPS) is 16.6. The molecule has 0 bridgehead atoms. The van der Waals surface area contributed by atoms with Crippen LogP contribution < -0.4 is 29.6 Å². The predicted molar refractivity (Wildman–Crippen MR) is 206 cm³/mol. The molecular formula is C42H44N4O8. The molecule has 0 aliphatic carbocycles. The number of para-hydroxylation sites is 2. The van der Waals surface area contributed by atoms with E-state index in [1.165, 1.54) is 28.4 Å². The number of nitrogens with one attached hydrogen (secondary N) is 2. The number of amides is 4. The van der Waals surface area contributed by atoms with E-state index in [2.05, 4.69) is 10.6 Å². The van der Waals surface area contributed by atoms with Crippen LogP contribution in [-0.2, 0) is 9.59 Å². The molecule has 2 atom stereocenters. The number of hydrogen-bond acceptors (Lipinski definition) is 8. The summed E-state index contributed by atoms with van der Waals surface area (Å²) in [5.41, 5.74) is 3.80. The first-order chi connectivity index (χ1) is 26.3. The van der Waals surface area contributed by atoms with E-state index in [-0.39, 0.29) is 23.6 Å². The largest absolute Gasteiger partial charge is 0.493 e. The fraction of sp³-hybridized carbons (Fsp3) is 0.286. The number of carbonyl (C=O) groups is 4. The van der Waals surface area contributed by atoms with Crippen molar-refractivity contribution in [2.75, 3.05) is 52.2 Å². The summed E-state index contributed by atoms with van der Waals surface area (Å²) < 4.78 is 21.6. The van der Waals surface area contributed by atoms with Crippen LogP contribution >= 0.6 is 0 Å². The van der Waals surface area contributed by atoms with Gasteiger partial charge < -0.3 is 39.4 Å². The van der Waals surface area contributed by atoms with Gasteiger partial charge in [-0.1, -0.05) is 48.6 Å². The smallest absolute Gasteiger partial charge is 0.258 e. The van der Waals surface area contributed by atoms with Gasteiger partial charge in [-0.3, -0.25) is 19.2 Å². The summed E-state index contributed by atoms with van der Waals surface area (Å²) in [7, 11) is 6.00. The molecule has 2 N–H and O–H groups in total. The van der Waals surface area contributed by atoms with Crippen LogP contribution in [0.2, 0.25) is 0 Å². The van der Waals surface area contributed by atoms with Gasteiger partial charge in [0, 0.05) is 24.5 Å². The molecule has 0 aromatic heterocycles. The maximum absolute atomic E-state index is 13.5. The third kappa shape index (κ3) is 8.02. The summed E-state index contributed by atoms with van der Waals surface area (Å²) >= 11 is 0.